The van der Waals surface area contributed by atoms with Gasteiger partial charge in [-0.25, -0.2) is 0 Å². The smallest absolute Gasteiger partial charge is 0.343 e. The molecule has 0 atom stereocenters. The minimum absolute atomic E-state index is 0. The van der Waals surface area contributed by atoms with Crippen LogP contribution in [0.2, 0.25) is 0 Å². The first kappa shape index (κ1) is 31.0. The van der Waals surface area contributed by atoms with E-state index in [1.165, 1.54) is 78.2 Å². The van der Waals surface area contributed by atoms with Gasteiger partial charge in [-0.05, 0) is 10.8 Å². The van der Waals surface area contributed by atoms with E-state index in [-0.39, 0.29) is 25.8 Å². The van der Waals surface area contributed by atoms with E-state index >= 15 is 0 Å². The zero-order chi connectivity index (χ0) is 27.1. The first-order valence-electron chi connectivity index (χ1n) is 14.3. The van der Waals surface area contributed by atoms with Crippen LogP contribution in [0, 0.1) is 27.7 Å². The number of fused-ring (bicyclic) bond motifs is 6. The van der Waals surface area contributed by atoms with Crippen molar-refractivity contribution in [2.45, 2.75) is 66.2 Å². The van der Waals surface area contributed by atoms with Crippen LogP contribution in [0.3, 0.4) is 0 Å². The van der Waals surface area contributed by atoms with Gasteiger partial charge >= 0.3 is 25.8 Å². The Balaban J connectivity index is 0.000000416. The minimum Gasteiger partial charge on any atom is -0.343 e. The first-order valence-corrected chi connectivity index (χ1v) is 14.3. The van der Waals surface area contributed by atoms with Crippen LogP contribution in [0.1, 0.15) is 61.8 Å². The maximum atomic E-state index is 3.60. The average molecular weight is 677 g/mol. The molecule has 6 aromatic rings. The molecular formula is C38H42Hf. The predicted molar refractivity (Wildman–Crippen MR) is 172 cm³/mol. The van der Waals surface area contributed by atoms with Crippen molar-refractivity contribution in [2.24, 2.45) is 0 Å². The van der Waals surface area contributed by atoms with Gasteiger partial charge in [-0.2, -0.15) is 24.0 Å². The van der Waals surface area contributed by atoms with E-state index in [1.807, 2.05) is 0 Å². The maximum Gasteiger partial charge on any atom is 4.00 e. The second-order valence-electron chi connectivity index (χ2n) is 10.3. The molecule has 6 rings (SSSR count). The molecule has 0 nitrogen and oxygen atoms in total. The number of hydrogen-bond donors (Lipinski definition) is 0. The van der Waals surface area contributed by atoms with Crippen molar-refractivity contribution in [1.29, 1.82) is 0 Å². The van der Waals surface area contributed by atoms with E-state index in [4.69, 9.17) is 0 Å². The summed E-state index contributed by atoms with van der Waals surface area (Å²) in [7, 11) is 0. The average Bonchev–Trinajstić information content (AvgIpc) is 3.47. The topological polar surface area (TPSA) is 0 Å². The summed E-state index contributed by atoms with van der Waals surface area (Å²) in [5.41, 5.74) is 5.85. The van der Waals surface area contributed by atoms with Crippen LogP contribution in [0.4, 0.5) is 0 Å². The Morgan fingerprint density at radius 2 is 0.923 bits per heavy atom. The van der Waals surface area contributed by atoms with Crippen LogP contribution >= 0.6 is 0 Å². The summed E-state index contributed by atoms with van der Waals surface area (Å²) in [5.74, 6) is 0. The molecule has 0 fully saturated rings. The normalized spacial score (nSPS) is 10.7. The Morgan fingerprint density at radius 3 is 1.28 bits per heavy atom. The van der Waals surface area contributed by atoms with E-state index < -0.39 is 0 Å². The first-order chi connectivity index (χ1) is 18.5. The number of rotatable bonds is 5. The molecule has 198 valence electrons. The van der Waals surface area contributed by atoms with E-state index in [1.54, 1.807) is 0 Å². The van der Waals surface area contributed by atoms with Crippen molar-refractivity contribution in [2.75, 3.05) is 0 Å². The minimum atomic E-state index is 0. The molecule has 39 heavy (non-hydrogen) atoms. The molecule has 0 saturated heterocycles. The third-order valence-electron chi connectivity index (χ3n) is 7.55. The quantitative estimate of drug-likeness (QED) is 0.126. The van der Waals surface area contributed by atoms with Gasteiger partial charge in [-0.15, -0.1) is 56.9 Å². The van der Waals surface area contributed by atoms with Crippen molar-refractivity contribution in [3.05, 3.63) is 121 Å². The molecule has 0 saturated carbocycles. The van der Waals surface area contributed by atoms with Crippen LogP contribution in [-0.4, -0.2) is 0 Å². The van der Waals surface area contributed by atoms with Gasteiger partial charge < -0.3 is 13.8 Å². The molecule has 1 heteroatoms. The Hall–Kier alpha value is -2.51. The summed E-state index contributed by atoms with van der Waals surface area (Å²) in [5, 5.41) is 11.1. The van der Waals surface area contributed by atoms with Gasteiger partial charge in [0.1, 0.15) is 0 Å². The van der Waals surface area contributed by atoms with Crippen molar-refractivity contribution in [1.82, 2.24) is 0 Å². The van der Waals surface area contributed by atoms with Crippen LogP contribution in [-0.2, 0) is 38.7 Å². The standard InChI is InChI=1S/C30H24.2C4H9.Hf/c1-19-17-23-13-11-21-7-3-5-9-27(21)29(23)25(19)15-16-26-20(2)18-24-14-12-22-8-4-6-10-28(22)30(24)26;2*1-3-4-2;/h3-14,17-18H,15-16H2,1-2H3;2*1,3-4H2,2H3;/q-2;2*-1;+4. The summed E-state index contributed by atoms with van der Waals surface area (Å²) < 4.78 is 0. The van der Waals surface area contributed by atoms with Crippen molar-refractivity contribution >= 4 is 43.1 Å². The summed E-state index contributed by atoms with van der Waals surface area (Å²) in [4.78, 5) is 0. The van der Waals surface area contributed by atoms with E-state index in [0.717, 1.165) is 25.7 Å². The molecule has 0 amide bonds. The molecule has 0 aliphatic heterocycles. The van der Waals surface area contributed by atoms with Crippen LogP contribution in [0.25, 0.3) is 43.1 Å². The second kappa shape index (κ2) is 14.8. The predicted octanol–water partition coefficient (Wildman–Crippen LogP) is 11.4. The zero-order valence-electron chi connectivity index (χ0n) is 24.2. The summed E-state index contributed by atoms with van der Waals surface area (Å²) >= 11 is 0. The van der Waals surface area contributed by atoms with Gasteiger partial charge in [-0.3, -0.25) is 0 Å². The summed E-state index contributed by atoms with van der Waals surface area (Å²) in [6.45, 7) is 16.0. The van der Waals surface area contributed by atoms with Gasteiger partial charge in [0.05, 0.1) is 0 Å². The second-order valence-corrected chi connectivity index (χ2v) is 10.3. The molecule has 0 aliphatic rings. The number of unbranched alkanes of at least 4 members (excludes halogenated alkanes) is 2. The monoisotopic (exact) mass is 678 g/mol. The molecule has 0 unspecified atom stereocenters. The molecule has 0 spiro atoms. The van der Waals surface area contributed by atoms with Crippen LogP contribution in [0.5, 0.6) is 0 Å². The van der Waals surface area contributed by atoms with Crippen LogP contribution < -0.4 is 0 Å². The molecule has 0 aromatic heterocycles. The third-order valence-corrected chi connectivity index (χ3v) is 7.55. The van der Waals surface area contributed by atoms with E-state index in [0.29, 0.717) is 0 Å². The molecule has 0 heterocycles. The molecular weight excluding hydrogens is 635 g/mol. The molecule has 0 radical (unpaired) electrons. The third kappa shape index (κ3) is 6.80. The number of aryl methyl sites for hydroxylation is 4. The summed E-state index contributed by atoms with van der Waals surface area (Å²) in [6.07, 6.45) is 6.71. The van der Waals surface area contributed by atoms with Gasteiger partial charge in [0.2, 0.25) is 0 Å². The Bertz CT molecular complexity index is 1500. The molecule has 0 aliphatic carbocycles. The molecule has 0 bridgehead atoms. The Kier molecular flexibility index (Phi) is 11.7. The van der Waals surface area contributed by atoms with Gasteiger partial charge in [-0.1, -0.05) is 125 Å². The van der Waals surface area contributed by atoms with Gasteiger partial charge in [0, 0.05) is 0 Å². The summed E-state index contributed by atoms with van der Waals surface area (Å²) in [6, 6.07) is 31.4. The fourth-order valence-corrected chi connectivity index (χ4v) is 5.42. The van der Waals surface area contributed by atoms with Crippen molar-refractivity contribution < 1.29 is 25.8 Å². The molecule has 0 N–H and O–H groups in total. The Morgan fingerprint density at radius 1 is 0.564 bits per heavy atom. The molecule has 6 aromatic carbocycles. The maximum absolute atomic E-state index is 3.60. The van der Waals surface area contributed by atoms with Crippen molar-refractivity contribution in [3.8, 4) is 0 Å². The van der Waals surface area contributed by atoms with E-state index in [2.05, 4.69) is 126 Å². The zero-order valence-corrected chi connectivity index (χ0v) is 27.8. The SMILES string of the molecule is Cc1[cH-]c2ccc3ccccc3c2c1CCc1c(C)[cH-]c2ccc3ccccc3c12.[CH2-]CCC.[CH2-]CCC.[Hf+4]. The fraction of sp³-hybridized carbons (Fsp3) is 0.263. The fourth-order valence-electron chi connectivity index (χ4n) is 5.42. The van der Waals surface area contributed by atoms with Gasteiger partial charge in [0.25, 0.3) is 0 Å². The van der Waals surface area contributed by atoms with Crippen LogP contribution in [0.15, 0.2) is 84.9 Å². The number of benzene rings is 4. The largest absolute Gasteiger partial charge is 4.00 e. The van der Waals surface area contributed by atoms with Gasteiger partial charge in [0.15, 0.2) is 0 Å². The Labute approximate surface area is 254 Å². The van der Waals surface area contributed by atoms with E-state index in [9.17, 15) is 0 Å². The van der Waals surface area contributed by atoms with Crippen molar-refractivity contribution in [3.63, 3.8) is 0 Å². The number of hydrogen-bond acceptors (Lipinski definition) is 0.